The first-order chi connectivity index (χ1) is 7.27. The molecule has 0 aromatic carbocycles. The van der Waals surface area contributed by atoms with E-state index in [0.29, 0.717) is 26.3 Å². The number of likely N-dealkylation sites (N-methyl/N-ethyl adjacent to an activating group) is 1. The van der Waals surface area contributed by atoms with Crippen molar-refractivity contribution < 1.29 is 14.3 Å². The molecule has 0 saturated carbocycles. The number of ether oxygens (including phenoxy) is 2. The van der Waals surface area contributed by atoms with Crippen LogP contribution >= 0.6 is 0 Å². The fourth-order valence-corrected chi connectivity index (χ4v) is 1.54. The summed E-state index contributed by atoms with van der Waals surface area (Å²) in [7, 11) is 1.61. The highest BCUT2D eigenvalue weighted by Gasteiger charge is 2.25. The van der Waals surface area contributed by atoms with Gasteiger partial charge in [0.2, 0.25) is 0 Å². The standard InChI is InChI=1S/C10H20N2O3/c1-3-12-5-7-15-9(8-12)10(13)11-4-6-14-2/h9H,3-8H2,1-2H3,(H,11,13)/t9-/m0/s1. The Kier molecular flexibility index (Phi) is 5.60. The maximum Gasteiger partial charge on any atom is 0.250 e. The van der Waals surface area contributed by atoms with Crippen LogP contribution in [-0.2, 0) is 14.3 Å². The Bertz CT molecular complexity index is 199. The minimum absolute atomic E-state index is 0.0369. The second kappa shape index (κ2) is 6.76. The zero-order valence-electron chi connectivity index (χ0n) is 9.49. The van der Waals surface area contributed by atoms with Crippen molar-refractivity contribution in [2.75, 3.05) is 46.5 Å². The quantitative estimate of drug-likeness (QED) is 0.628. The molecule has 1 rings (SSSR count). The Balaban J connectivity index is 2.25. The number of hydrogen-bond acceptors (Lipinski definition) is 4. The highest BCUT2D eigenvalue weighted by Crippen LogP contribution is 2.04. The van der Waals surface area contributed by atoms with E-state index in [1.54, 1.807) is 7.11 Å². The molecule has 1 amide bonds. The zero-order valence-corrected chi connectivity index (χ0v) is 9.49. The Morgan fingerprint density at radius 2 is 2.47 bits per heavy atom. The predicted octanol–water partition coefficient (Wildman–Crippen LogP) is -0.530. The number of nitrogens with zero attached hydrogens (tertiary/aromatic N) is 1. The van der Waals surface area contributed by atoms with Crippen LogP contribution in [0.2, 0.25) is 0 Å². The van der Waals surface area contributed by atoms with Crippen molar-refractivity contribution >= 4 is 5.91 Å². The molecule has 1 aliphatic heterocycles. The zero-order chi connectivity index (χ0) is 11.1. The van der Waals surface area contributed by atoms with Gasteiger partial charge in [-0.3, -0.25) is 9.69 Å². The van der Waals surface area contributed by atoms with Crippen LogP contribution in [0.15, 0.2) is 0 Å². The van der Waals surface area contributed by atoms with Crippen molar-refractivity contribution in [3.63, 3.8) is 0 Å². The maximum absolute atomic E-state index is 11.6. The van der Waals surface area contributed by atoms with Gasteiger partial charge in [-0.25, -0.2) is 0 Å². The SMILES string of the molecule is CCN1CCO[C@H](C(=O)NCCOC)C1. The van der Waals surface area contributed by atoms with E-state index in [4.69, 9.17) is 9.47 Å². The summed E-state index contributed by atoms with van der Waals surface area (Å²) >= 11 is 0. The maximum atomic E-state index is 11.6. The number of rotatable bonds is 5. The van der Waals surface area contributed by atoms with E-state index in [1.807, 2.05) is 0 Å². The average Bonchev–Trinajstić information content (AvgIpc) is 2.29. The lowest BCUT2D eigenvalue weighted by molar-refractivity contribution is -0.138. The molecule has 1 saturated heterocycles. The van der Waals surface area contributed by atoms with Crippen molar-refractivity contribution in [1.82, 2.24) is 10.2 Å². The first-order valence-electron chi connectivity index (χ1n) is 5.38. The van der Waals surface area contributed by atoms with E-state index < -0.39 is 0 Å². The molecule has 1 N–H and O–H groups in total. The van der Waals surface area contributed by atoms with Gasteiger partial charge in [-0.05, 0) is 6.54 Å². The fraction of sp³-hybridized carbons (Fsp3) is 0.900. The van der Waals surface area contributed by atoms with Gasteiger partial charge in [-0.2, -0.15) is 0 Å². The Morgan fingerprint density at radius 1 is 1.67 bits per heavy atom. The minimum atomic E-state index is -0.324. The van der Waals surface area contributed by atoms with E-state index in [0.717, 1.165) is 13.1 Å². The summed E-state index contributed by atoms with van der Waals surface area (Å²) in [4.78, 5) is 13.8. The summed E-state index contributed by atoms with van der Waals surface area (Å²) in [5.41, 5.74) is 0. The summed E-state index contributed by atoms with van der Waals surface area (Å²) in [5, 5.41) is 2.78. The minimum Gasteiger partial charge on any atom is -0.383 e. The Labute approximate surface area is 90.7 Å². The number of methoxy groups -OCH3 is 1. The van der Waals surface area contributed by atoms with E-state index in [9.17, 15) is 4.79 Å². The Hall–Kier alpha value is -0.650. The van der Waals surface area contributed by atoms with E-state index >= 15 is 0 Å². The third kappa shape index (κ3) is 4.15. The van der Waals surface area contributed by atoms with Crippen LogP contribution in [0.4, 0.5) is 0 Å². The molecular weight excluding hydrogens is 196 g/mol. The molecule has 0 radical (unpaired) electrons. The molecule has 1 heterocycles. The monoisotopic (exact) mass is 216 g/mol. The van der Waals surface area contributed by atoms with Crippen molar-refractivity contribution in [2.24, 2.45) is 0 Å². The first kappa shape index (κ1) is 12.4. The van der Waals surface area contributed by atoms with Crippen LogP contribution in [-0.4, -0.2) is 63.4 Å². The van der Waals surface area contributed by atoms with Crippen molar-refractivity contribution in [3.8, 4) is 0 Å². The third-order valence-electron chi connectivity index (χ3n) is 2.50. The summed E-state index contributed by atoms with van der Waals surface area (Å²) in [5.74, 6) is -0.0369. The Morgan fingerprint density at radius 3 is 3.13 bits per heavy atom. The predicted molar refractivity (Wildman–Crippen MR) is 56.7 cm³/mol. The van der Waals surface area contributed by atoms with Crippen LogP contribution in [0.25, 0.3) is 0 Å². The molecule has 5 heteroatoms. The van der Waals surface area contributed by atoms with Crippen LogP contribution < -0.4 is 5.32 Å². The second-order valence-electron chi connectivity index (χ2n) is 3.54. The number of carbonyl (C=O) groups is 1. The van der Waals surface area contributed by atoms with Crippen LogP contribution in [0.3, 0.4) is 0 Å². The van der Waals surface area contributed by atoms with Gasteiger partial charge < -0.3 is 14.8 Å². The third-order valence-corrected chi connectivity index (χ3v) is 2.50. The van der Waals surface area contributed by atoms with Gasteiger partial charge in [0, 0.05) is 26.7 Å². The molecule has 1 atom stereocenters. The summed E-state index contributed by atoms with van der Waals surface area (Å²) in [6, 6.07) is 0. The van der Waals surface area contributed by atoms with Crippen molar-refractivity contribution in [2.45, 2.75) is 13.0 Å². The normalized spacial score (nSPS) is 22.7. The summed E-state index contributed by atoms with van der Waals surface area (Å²) < 4.78 is 10.3. The highest BCUT2D eigenvalue weighted by atomic mass is 16.5. The molecule has 0 aromatic heterocycles. The molecule has 15 heavy (non-hydrogen) atoms. The topological polar surface area (TPSA) is 50.8 Å². The van der Waals surface area contributed by atoms with Gasteiger partial charge in [0.1, 0.15) is 6.10 Å². The van der Waals surface area contributed by atoms with Gasteiger partial charge in [0.25, 0.3) is 5.91 Å². The molecule has 1 fully saturated rings. The highest BCUT2D eigenvalue weighted by molar-refractivity contribution is 5.81. The molecule has 88 valence electrons. The lowest BCUT2D eigenvalue weighted by atomic mass is 10.2. The van der Waals surface area contributed by atoms with E-state index in [-0.39, 0.29) is 12.0 Å². The van der Waals surface area contributed by atoms with E-state index in [2.05, 4.69) is 17.1 Å². The summed E-state index contributed by atoms with van der Waals surface area (Å²) in [6.07, 6.45) is -0.324. The second-order valence-corrected chi connectivity index (χ2v) is 3.54. The number of morpholine rings is 1. The summed E-state index contributed by atoms with van der Waals surface area (Å²) in [6.45, 7) is 6.37. The smallest absolute Gasteiger partial charge is 0.250 e. The fourth-order valence-electron chi connectivity index (χ4n) is 1.54. The van der Waals surface area contributed by atoms with Gasteiger partial charge in [0.05, 0.1) is 13.2 Å². The molecule has 0 bridgehead atoms. The van der Waals surface area contributed by atoms with Crippen LogP contribution in [0, 0.1) is 0 Å². The molecule has 0 aromatic rings. The number of nitrogens with one attached hydrogen (secondary N) is 1. The lowest BCUT2D eigenvalue weighted by Gasteiger charge is -2.31. The van der Waals surface area contributed by atoms with Crippen LogP contribution in [0.1, 0.15) is 6.92 Å². The molecule has 0 unspecified atom stereocenters. The number of hydrogen-bond donors (Lipinski definition) is 1. The molecule has 1 aliphatic rings. The molecule has 5 nitrogen and oxygen atoms in total. The molecule has 0 aliphatic carbocycles. The number of carbonyl (C=O) groups excluding carboxylic acids is 1. The lowest BCUT2D eigenvalue weighted by Crippen LogP contribution is -2.50. The van der Waals surface area contributed by atoms with Crippen molar-refractivity contribution in [3.05, 3.63) is 0 Å². The largest absolute Gasteiger partial charge is 0.383 e. The number of amides is 1. The van der Waals surface area contributed by atoms with Gasteiger partial charge >= 0.3 is 0 Å². The average molecular weight is 216 g/mol. The van der Waals surface area contributed by atoms with Gasteiger partial charge in [-0.15, -0.1) is 0 Å². The molecular formula is C10H20N2O3. The molecule has 0 spiro atoms. The van der Waals surface area contributed by atoms with Crippen molar-refractivity contribution in [1.29, 1.82) is 0 Å². The van der Waals surface area contributed by atoms with Gasteiger partial charge in [-0.1, -0.05) is 6.92 Å². The van der Waals surface area contributed by atoms with Gasteiger partial charge in [0.15, 0.2) is 0 Å². The first-order valence-corrected chi connectivity index (χ1v) is 5.38. The van der Waals surface area contributed by atoms with E-state index in [1.165, 1.54) is 0 Å². The van der Waals surface area contributed by atoms with Crippen LogP contribution in [0.5, 0.6) is 0 Å².